The minimum Gasteiger partial charge on any atom is -0.491 e. The number of aliphatic hydroxyl groups is 1. The number of rotatable bonds is 8. The number of ether oxygens (including phenoxy) is 1. The Labute approximate surface area is 119 Å². The van der Waals surface area contributed by atoms with Crippen LogP contribution in [0.3, 0.4) is 0 Å². The molecule has 0 aromatic heterocycles. The first-order chi connectivity index (χ1) is 9.67. The van der Waals surface area contributed by atoms with Crippen molar-refractivity contribution in [2.45, 2.75) is 19.8 Å². The molecule has 0 spiro atoms. The Kier molecular flexibility index (Phi) is 7.21. The Morgan fingerprint density at radius 2 is 2.30 bits per heavy atom. The van der Waals surface area contributed by atoms with Crippen molar-refractivity contribution in [2.24, 2.45) is 0 Å². The predicted octanol–water partition coefficient (Wildman–Crippen LogP) is 1.57. The summed E-state index contributed by atoms with van der Waals surface area (Å²) < 4.78 is 5.48. The maximum Gasteiger partial charge on any atom is 0.244 e. The molecule has 0 bridgehead atoms. The number of hydrogen-bond donors (Lipinski definition) is 3. The Morgan fingerprint density at radius 1 is 1.50 bits per heavy atom. The van der Waals surface area contributed by atoms with E-state index < -0.39 is 0 Å². The minimum absolute atomic E-state index is 0.0692. The standard InChI is InChI=1S/C15H22N2O3/c1-2-10-20-14-6-4-12(11-13(14)16)5-7-15(19)17-8-3-9-18/h4-7,11,18H,2-3,8-10,16H2,1H3,(H,17,19)/b7-5-. The van der Waals surface area contributed by atoms with Crippen LogP contribution in [-0.2, 0) is 4.79 Å². The fraction of sp³-hybridized carbons (Fsp3) is 0.400. The molecule has 110 valence electrons. The molecule has 0 atom stereocenters. The smallest absolute Gasteiger partial charge is 0.244 e. The highest BCUT2D eigenvalue weighted by Gasteiger charge is 2.01. The van der Waals surface area contributed by atoms with E-state index in [9.17, 15) is 4.79 Å². The molecule has 5 heteroatoms. The van der Waals surface area contributed by atoms with Crippen LogP contribution in [0.1, 0.15) is 25.3 Å². The van der Waals surface area contributed by atoms with Gasteiger partial charge in [-0.05, 0) is 36.6 Å². The van der Waals surface area contributed by atoms with Crippen molar-refractivity contribution in [3.05, 3.63) is 29.8 Å². The number of amides is 1. The van der Waals surface area contributed by atoms with Gasteiger partial charge in [0.1, 0.15) is 5.75 Å². The van der Waals surface area contributed by atoms with Crippen LogP contribution in [-0.4, -0.2) is 30.8 Å². The third-order valence-corrected chi connectivity index (χ3v) is 2.56. The van der Waals surface area contributed by atoms with E-state index >= 15 is 0 Å². The molecule has 0 aliphatic rings. The molecule has 0 aliphatic heterocycles. The van der Waals surface area contributed by atoms with Gasteiger partial charge in [-0.2, -0.15) is 0 Å². The monoisotopic (exact) mass is 278 g/mol. The number of nitrogens with two attached hydrogens (primary N) is 1. The van der Waals surface area contributed by atoms with Crippen LogP contribution in [0.2, 0.25) is 0 Å². The van der Waals surface area contributed by atoms with Gasteiger partial charge in [0.25, 0.3) is 0 Å². The highest BCUT2D eigenvalue weighted by Crippen LogP contribution is 2.23. The van der Waals surface area contributed by atoms with Crippen molar-refractivity contribution in [1.82, 2.24) is 5.32 Å². The average molecular weight is 278 g/mol. The number of nitrogens with one attached hydrogen (secondary N) is 1. The van der Waals surface area contributed by atoms with Crippen molar-refractivity contribution in [3.8, 4) is 5.75 Å². The number of hydrogen-bond acceptors (Lipinski definition) is 4. The maximum atomic E-state index is 11.4. The van der Waals surface area contributed by atoms with E-state index in [1.54, 1.807) is 18.2 Å². The van der Waals surface area contributed by atoms with Crippen LogP contribution in [0.5, 0.6) is 5.75 Å². The molecule has 0 aliphatic carbocycles. The lowest BCUT2D eigenvalue weighted by Gasteiger charge is -2.08. The fourth-order valence-electron chi connectivity index (χ4n) is 1.54. The Morgan fingerprint density at radius 3 is 2.95 bits per heavy atom. The summed E-state index contributed by atoms with van der Waals surface area (Å²) in [6, 6.07) is 5.41. The van der Waals surface area contributed by atoms with Crippen molar-refractivity contribution < 1.29 is 14.6 Å². The summed E-state index contributed by atoms with van der Waals surface area (Å²) in [6.07, 6.45) is 4.61. The van der Waals surface area contributed by atoms with Gasteiger partial charge < -0.3 is 20.9 Å². The first kappa shape index (κ1) is 16.0. The third-order valence-electron chi connectivity index (χ3n) is 2.56. The molecule has 5 nitrogen and oxygen atoms in total. The second kappa shape index (κ2) is 8.98. The highest BCUT2D eigenvalue weighted by molar-refractivity contribution is 5.91. The number of aliphatic hydroxyl groups excluding tert-OH is 1. The second-order valence-corrected chi connectivity index (χ2v) is 4.35. The minimum atomic E-state index is -0.191. The van der Waals surface area contributed by atoms with Gasteiger partial charge in [-0.1, -0.05) is 13.0 Å². The van der Waals surface area contributed by atoms with E-state index in [1.807, 2.05) is 13.0 Å². The average Bonchev–Trinajstić information content (AvgIpc) is 2.44. The van der Waals surface area contributed by atoms with Crippen molar-refractivity contribution >= 4 is 17.7 Å². The summed E-state index contributed by atoms with van der Waals surface area (Å²) in [7, 11) is 0. The Balaban J connectivity index is 2.55. The molecule has 1 aromatic rings. The second-order valence-electron chi connectivity index (χ2n) is 4.35. The zero-order valence-electron chi connectivity index (χ0n) is 11.8. The highest BCUT2D eigenvalue weighted by atomic mass is 16.5. The first-order valence-electron chi connectivity index (χ1n) is 6.76. The molecule has 20 heavy (non-hydrogen) atoms. The molecule has 1 rings (SSSR count). The van der Waals surface area contributed by atoms with Crippen LogP contribution < -0.4 is 15.8 Å². The van der Waals surface area contributed by atoms with Crippen molar-refractivity contribution in [3.63, 3.8) is 0 Å². The van der Waals surface area contributed by atoms with Crippen LogP contribution in [0.25, 0.3) is 6.08 Å². The van der Waals surface area contributed by atoms with Gasteiger partial charge in [-0.25, -0.2) is 0 Å². The topological polar surface area (TPSA) is 84.6 Å². The molecule has 0 saturated heterocycles. The fourth-order valence-corrected chi connectivity index (χ4v) is 1.54. The molecular weight excluding hydrogens is 256 g/mol. The van der Waals surface area contributed by atoms with E-state index in [0.29, 0.717) is 31.0 Å². The molecule has 0 unspecified atom stereocenters. The molecule has 1 aromatic carbocycles. The number of nitrogen functional groups attached to an aromatic ring is 1. The van der Waals surface area contributed by atoms with Gasteiger partial charge in [0, 0.05) is 19.2 Å². The summed E-state index contributed by atoms with van der Waals surface area (Å²) in [6.45, 7) is 3.20. The lowest BCUT2D eigenvalue weighted by atomic mass is 10.1. The number of carbonyl (C=O) groups excluding carboxylic acids is 1. The van der Waals surface area contributed by atoms with Gasteiger partial charge in [-0.3, -0.25) is 4.79 Å². The van der Waals surface area contributed by atoms with Crippen LogP contribution in [0.15, 0.2) is 24.3 Å². The van der Waals surface area contributed by atoms with Crippen molar-refractivity contribution in [1.29, 1.82) is 0 Å². The van der Waals surface area contributed by atoms with E-state index in [4.69, 9.17) is 15.6 Å². The van der Waals surface area contributed by atoms with E-state index in [1.165, 1.54) is 6.08 Å². The van der Waals surface area contributed by atoms with Gasteiger partial charge in [0.2, 0.25) is 5.91 Å². The normalized spacial score (nSPS) is 10.7. The number of anilines is 1. The molecule has 0 saturated carbocycles. The molecular formula is C15H22N2O3. The van der Waals surface area contributed by atoms with Crippen LogP contribution in [0.4, 0.5) is 5.69 Å². The first-order valence-corrected chi connectivity index (χ1v) is 6.76. The van der Waals surface area contributed by atoms with Crippen LogP contribution in [0, 0.1) is 0 Å². The quantitative estimate of drug-likeness (QED) is 0.383. The summed E-state index contributed by atoms with van der Waals surface area (Å²) in [4.78, 5) is 11.4. The Hall–Kier alpha value is -2.01. The van der Waals surface area contributed by atoms with Crippen LogP contribution >= 0.6 is 0 Å². The summed E-state index contributed by atoms with van der Waals surface area (Å²) >= 11 is 0. The summed E-state index contributed by atoms with van der Waals surface area (Å²) in [5, 5.41) is 11.3. The molecule has 1 amide bonds. The summed E-state index contributed by atoms with van der Waals surface area (Å²) in [5.74, 6) is 0.472. The third kappa shape index (κ3) is 5.75. The molecule has 4 N–H and O–H groups in total. The lowest BCUT2D eigenvalue weighted by Crippen LogP contribution is -2.22. The number of benzene rings is 1. The molecule has 0 radical (unpaired) electrons. The van der Waals surface area contributed by atoms with Gasteiger partial charge in [0.15, 0.2) is 0 Å². The zero-order valence-corrected chi connectivity index (χ0v) is 11.8. The van der Waals surface area contributed by atoms with Gasteiger partial charge in [0.05, 0.1) is 12.3 Å². The maximum absolute atomic E-state index is 11.4. The number of carbonyl (C=O) groups is 1. The van der Waals surface area contributed by atoms with E-state index in [2.05, 4.69) is 5.32 Å². The van der Waals surface area contributed by atoms with E-state index in [0.717, 1.165) is 12.0 Å². The lowest BCUT2D eigenvalue weighted by molar-refractivity contribution is -0.116. The predicted molar refractivity (Wildman–Crippen MR) is 80.4 cm³/mol. The largest absolute Gasteiger partial charge is 0.491 e. The Bertz CT molecular complexity index is 458. The molecule has 0 fully saturated rings. The van der Waals surface area contributed by atoms with Gasteiger partial charge in [-0.15, -0.1) is 0 Å². The SMILES string of the molecule is CCCOc1ccc(/C=C\C(=O)NCCCO)cc1N. The van der Waals surface area contributed by atoms with Crippen molar-refractivity contribution in [2.75, 3.05) is 25.5 Å². The summed E-state index contributed by atoms with van der Waals surface area (Å²) in [5.41, 5.74) is 7.27. The van der Waals surface area contributed by atoms with Gasteiger partial charge >= 0.3 is 0 Å². The zero-order chi connectivity index (χ0) is 14.8. The molecule has 0 heterocycles. The van der Waals surface area contributed by atoms with E-state index in [-0.39, 0.29) is 12.5 Å².